The molecule has 2 amide bonds. The fourth-order valence-corrected chi connectivity index (χ4v) is 4.55. The lowest BCUT2D eigenvalue weighted by Gasteiger charge is -2.30. The topological polar surface area (TPSA) is 101 Å². The highest BCUT2D eigenvalue weighted by Crippen LogP contribution is 2.35. The number of thiocarbonyl (C=S) groups is 1. The molecule has 13 heteroatoms. The molecule has 3 aromatic rings. The van der Waals surface area contributed by atoms with Gasteiger partial charge < -0.3 is 30.7 Å². The Labute approximate surface area is 243 Å². The number of methoxy groups -OCH3 is 1. The van der Waals surface area contributed by atoms with E-state index in [2.05, 4.69) is 21.3 Å². The first-order valence-electron chi connectivity index (χ1n) is 12.1. The van der Waals surface area contributed by atoms with Gasteiger partial charge in [0.25, 0.3) is 11.8 Å². The SMILES string of the molecule is COc1cc([C@@H]2NC(=S)NC(C)=C2C(=O)Nc2ccccc2Cl)ccc1OCC(=O)Nc1cccc(C(F)(F)F)c1. The van der Waals surface area contributed by atoms with Crippen LogP contribution in [-0.4, -0.2) is 30.6 Å². The molecular weight excluding hydrogens is 581 g/mol. The fraction of sp³-hybridized carbons (Fsp3) is 0.179. The van der Waals surface area contributed by atoms with E-state index in [0.717, 1.165) is 12.1 Å². The molecule has 1 aliphatic rings. The smallest absolute Gasteiger partial charge is 0.416 e. The molecule has 0 aromatic heterocycles. The number of allylic oxidation sites excluding steroid dienone is 1. The zero-order valence-corrected chi connectivity index (χ0v) is 23.3. The molecule has 0 fully saturated rings. The summed E-state index contributed by atoms with van der Waals surface area (Å²) < 4.78 is 49.9. The summed E-state index contributed by atoms with van der Waals surface area (Å²) >= 11 is 11.5. The van der Waals surface area contributed by atoms with Gasteiger partial charge in [-0.15, -0.1) is 0 Å². The van der Waals surface area contributed by atoms with Gasteiger partial charge in [0, 0.05) is 11.4 Å². The van der Waals surface area contributed by atoms with Gasteiger partial charge in [-0.2, -0.15) is 13.2 Å². The van der Waals surface area contributed by atoms with Crippen LogP contribution in [0.3, 0.4) is 0 Å². The molecule has 3 aromatic carbocycles. The van der Waals surface area contributed by atoms with Crippen molar-refractivity contribution in [2.75, 3.05) is 24.4 Å². The molecule has 0 saturated heterocycles. The molecule has 0 bridgehead atoms. The van der Waals surface area contributed by atoms with Crippen molar-refractivity contribution < 1.29 is 32.2 Å². The Balaban J connectivity index is 1.50. The maximum Gasteiger partial charge on any atom is 0.416 e. The van der Waals surface area contributed by atoms with Crippen molar-refractivity contribution >= 4 is 52.1 Å². The maximum absolute atomic E-state index is 13.3. The van der Waals surface area contributed by atoms with Gasteiger partial charge in [0.05, 0.1) is 35.0 Å². The molecule has 1 aliphatic heterocycles. The van der Waals surface area contributed by atoms with E-state index >= 15 is 0 Å². The Kier molecular flexibility index (Phi) is 9.04. The van der Waals surface area contributed by atoms with Gasteiger partial charge in [-0.3, -0.25) is 9.59 Å². The third-order valence-corrected chi connectivity index (χ3v) is 6.54. The summed E-state index contributed by atoms with van der Waals surface area (Å²) in [6, 6.07) is 15.3. The third kappa shape index (κ3) is 7.27. The summed E-state index contributed by atoms with van der Waals surface area (Å²) in [5, 5.41) is 11.9. The number of hydrogen-bond donors (Lipinski definition) is 4. The molecule has 41 heavy (non-hydrogen) atoms. The minimum Gasteiger partial charge on any atom is -0.493 e. The lowest BCUT2D eigenvalue weighted by molar-refractivity contribution is -0.137. The Bertz CT molecular complexity index is 1530. The Morgan fingerprint density at radius 3 is 2.49 bits per heavy atom. The first-order valence-corrected chi connectivity index (χ1v) is 12.9. The Morgan fingerprint density at radius 2 is 1.78 bits per heavy atom. The van der Waals surface area contributed by atoms with E-state index in [1.54, 1.807) is 49.4 Å². The zero-order chi connectivity index (χ0) is 29.7. The van der Waals surface area contributed by atoms with Crippen molar-refractivity contribution in [2.45, 2.75) is 19.1 Å². The maximum atomic E-state index is 13.3. The Hall–Kier alpha value is -4.29. The monoisotopic (exact) mass is 604 g/mol. The Morgan fingerprint density at radius 1 is 1.02 bits per heavy atom. The third-order valence-electron chi connectivity index (χ3n) is 5.99. The van der Waals surface area contributed by atoms with Crippen LogP contribution in [0.2, 0.25) is 5.02 Å². The van der Waals surface area contributed by atoms with Gasteiger partial charge in [0.15, 0.2) is 23.2 Å². The molecule has 1 heterocycles. The van der Waals surface area contributed by atoms with E-state index < -0.39 is 36.2 Å². The van der Waals surface area contributed by atoms with Crippen molar-refractivity contribution in [3.05, 3.63) is 94.1 Å². The van der Waals surface area contributed by atoms with Crippen LogP contribution in [-0.2, 0) is 15.8 Å². The van der Waals surface area contributed by atoms with Crippen LogP contribution in [0, 0.1) is 0 Å². The number of para-hydroxylation sites is 1. The molecule has 0 unspecified atom stereocenters. The van der Waals surface area contributed by atoms with Gasteiger partial charge in [-0.1, -0.05) is 35.9 Å². The number of alkyl halides is 3. The minimum absolute atomic E-state index is 0.0200. The van der Waals surface area contributed by atoms with Crippen LogP contribution in [0.25, 0.3) is 0 Å². The molecule has 0 spiro atoms. The number of halogens is 4. The van der Waals surface area contributed by atoms with Gasteiger partial charge in [-0.05, 0) is 67.2 Å². The summed E-state index contributed by atoms with van der Waals surface area (Å²) in [7, 11) is 1.40. The minimum atomic E-state index is -4.54. The fourth-order valence-electron chi connectivity index (χ4n) is 4.09. The van der Waals surface area contributed by atoms with Crippen LogP contribution in [0.5, 0.6) is 11.5 Å². The molecule has 0 aliphatic carbocycles. The largest absolute Gasteiger partial charge is 0.493 e. The molecule has 4 rings (SSSR count). The van der Waals surface area contributed by atoms with Crippen LogP contribution < -0.4 is 30.7 Å². The number of amides is 2. The highest BCUT2D eigenvalue weighted by atomic mass is 35.5. The van der Waals surface area contributed by atoms with E-state index in [9.17, 15) is 22.8 Å². The number of ether oxygens (including phenoxy) is 2. The van der Waals surface area contributed by atoms with Crippen LogP contribution in [0.1, 0.15) is 24.1 Å². The van der Waals surface area contributed by atoms with Gasteiger partial charge in [0.2, 0.25) is 0 Å². The van der Waals surface area contributed by atoms with E-state index in [1.165, 1.54) is 19.2 Å². The van der Waals surface area contributed by atoms with Crippen molar-refractivity contribution in [1.82, 2.24) is 10.6 Å². The number of rotatable bonds is 8. The zero-order valence-electron chi connectivity index (χ0n) is 21.7. The van der Waals surface area contributed by atoms with E-state index in [4.69, 9.17) is 33.3 Å². The molecule has 0 saturated carbocycles. The van der Waals surface area contributed by atoms with Gasteiger partial charge in [-0.25, -0.2) is 0 Å². The average Bonchev–Trinajstić information content (AvgIpc) is 2.92. The molecule has 214 valence electrons. The van der Waals surface area contributed by atoms with Gasteiger partial charge >= 0.3 is 6.18 Å². The second-order valence-electron chi connectivity index (χ2n) is 8.83. The number of anilines is 2. The molecule has 1 atom stereocenters. The number of hydrogen-bond acceptors (Lipinski definition) is 5. The van der Waals surface area contributed by atoms with E-state index in [-0.39, 0.29) is 17.2 Å². The highest BCUT2D eigenvalue weighted by Gasteiger charge is 2.32. The quantitative estimate of drug-likeness (QED) is 0.241. The predicted molar refractivity (Wildman–Crippen MR) is 153 cm³/mol. The number of carbonyl (C=O) groups excluding carboxylic acids is 2. The van der Waals surface area contributed by atoms with Crippen LogP contribution in [0.4, 0.5) is 24.5 Å². The summed E-state index contributed by atoms with van der Waals surface area (Å²) in [5.74, 6) is -0.620. The first kappa shape index (κ1) is 29.7. The summed E-state index contributed by atoms with van der Waals surface area (Å²) in [6.45, 7) is 1.23. The van der Waals surface area contributed by atoms with Gasteiger partial charge in [0.1, 0.15) is 0 Å². The van der Waals surface area contributed by atoms with Crippen molar-refractivity contribution in [1.29, 1.82) is 0 Å². The lowest BCUT2D eigenvalue weighted by Crippen LogP contribution is -2.45. The highest BCUT2D eigenvalue weighted by molar-refractivity contribution is 7.80. The van der Waals surface area contributed by atoms with E-state index in [0.29, 0.717) is 32.7 Å². The normalized spacial score (nSPS) is 15.0. The first-order chi connectivity index (χ1) is 19.5. The molecular formula is C28H24ClF3N4O4S. The van der Waals surface area contributed by atoms with Crippen LogP contribution in [0.15, 0.2) is 78.0 Å². The van der Waals surface area contributed by atoms with E-state index in [1.807, 2.05) is 0 Å². The van der Waals surface area contributed by atoms with Crippen LogP contribution >= 0.6 is 23.8 Å². The number of nitrogens with one attached hydrogen (secondary N) is 4. The predicted octanol–water partition coefficient (Wildman–Crippen LogP) is 5.82. The average molecular weight is 605 g/mol. The number of carbonyl (C=O) groups is 2. The second-order valence-corrected chi connectivity index (χ2v) is 9.65. The molecule has 8 nitrogen and oxygen atoms in total. The standard InChI is InChI=1S/C28H24ClF3N4O4S/c1-15-24(26(38)35-20-9-4-3-8-19(20)29)25(36-27(41)33-15)16-10-11-21(22(12-16)39-2)40-14-23(37)34-18-7-5-6-17(13-18)28(30,31)32/h3-13,25H,14H2,1-2H3,(H,34,37)(H,35,38)(H2,33,36,41)/t25-/m0/s1. The molecule has 0 radical (unpaired) electrons. The van der Waals surface area contributed by atoms with Crippen molar-refractivity contribution in [3.8, 4) is 11.5 Å². The second kappa shape index (κ2) is 12.5. The van der Waals surface area contributed by atoms with Crippen molar-refractivity contribution in [2.24, 2.45) is 0 Å². The van der Waals surface area contributed by atoms with Crippen molar-refractivity contribution in [3.63, 3.8) is 0 Å². The summed E-state index contributed by atoms with van der Waals surface area (Å²) in [5.41, 5.74) is 1.03. The summed E-state index contributed by atoms with van der Waals surface area (Å²) in [6.07, 6.45) is -4.54. The molecule has 4 N–H and O–H groups in total. The number of benzene rings is 3. The lowest BCUT2D eigenvalue weighted by atomic mass is 9.94. The summed E-state index contributed by atoms with van der Waals surface area (Å²) in [4.78, 5) is 25.7.